The van der Waals surface area contributed by atoms with Gasteiger partial charge in [0.25, 0.3) is 0 Å². The number of aryl methyl sites for hydroxylation is 2. The molecule has 1 aromatic carbocycles. The molecule has 0 saturated carbocycles. The summed E-state index contributed by atoms with van der Waals surface area (Å²) in [6.07, 6.45) is 3.37. The van der Waals surface area contributed by atoms with E-state index in [0.29, 0.717) is 5.75 Å². The first-order chi connectivity index (χ1) is 9.65. The second kappa shape index (κ2) is 5.13. The van der Waals surface area contributed by atoms with Gasteiger partial charge in [-0.3, -0.25) is 4.79 Å². The Morgan fingerprint density at radius 2 is 2.15 bits per heavy atom. The Labute approximate surface area is 121 Å². The van der Waals surface area contributed by atoms with Crippen LogP contribution in [0.25, 0.3) is 6.08 Å². The Kier molecular flexibility index (Phi) is 3.32. The number of rotatable bonds is 3. The number of carbonyl (C=O) groups is 1. The minimum atomic E-state index is 0.0170. The van der Waals surface area contributed by atoms with E-state index < -0.39 is 0 Å². The van der Waals surface area contributed by atoms with Gasteiger partial charge in [0.1, 0.15) is 0 Å². The summed E-state index contributed by atoms with van der Waals surface area (Å²) in [5.74, 6) is 1.44. The average molecular weight is 286 g/mol. The molecule has 0 amide bonds. The molecule has 0 bridgehead atoms. The van der Waals surface area contributed by atoms with Crippen molar-refractivity contribution in [1.29, 1.82) is 0 Å². The van der Waals surface area contributed by atoms with Crippen LogP contribution in [0.5, 0.6) is 11.5 Å². The third kappa shape index (κ3) is 2.34. The maximum Gasteiger partial charge on any atom is 0.231 e. The van der Waals surface area contributed by atoms with E-state index in [0.717, 1.165) is 26.6 Å². The van der Waals surface area contributed by atoms with E-state index in [2.05, 4.69) is 0 Å². The molecule has 0 spiro atoms. The second-order valence-electron chi connectivity index (χ2n) is 4.61. The second-order valence-corrected chi connectivity index (χ2v) is 6.07. The van der Waals surface area contributed by atoms with Gasteiger partial charge < -0.3 is 9.47 Å². The minimum Gasteiger partial charge on any atom is -0.454 e. The smallest absolute Gasteiger partial charge is 0.231 e. The molecule has 0 unspecified atom stereocenters. The molecule has 0 saturated heterocycles. The van der Waals surface area contributed by atoms with Crippen LogP contribution in [-0.2, 0) is 0 Å². The number of para-hydroxylation sites is 1. The number of hydrogen-bond donors (Lipinski definition) is 0. The van der Waals surface area contributed by atoms with Crippen molar-refractivity contribution in [3.05, 3.63) is 51.2 Å². The summed E-state index contributed by atoms with van der Waals surface area (Å²) in [5, 5.41) is 0. The van der Waals surface area contributed by atoms with Crippen molar-refractivity contribution < 1.29 is 14.3 Å². The largest absolute Gasteiger partial charge is 0.454 e. The summed E-state index contributed by atoms with van der Waals surface area (Å²) >= 11 is 1.64. The van der Waals surface area contributed by atoms with Crippen molar-refractivity contribution in [3.8, 4) is 11.5 Å². The van der Waals surface area contributed by atoms with E-state index in [1.54, 1.807) is 23.5 Å². The first kappa shape index (κ1) is 12.9. The van der Waals surface area contributed by atoms with Crippen LogP contribution < -0.4 is 9.47 Å². The van der Waals surface area contributed by atoms with Gasteiger partial charge in [0.05, 0.1) is 0 Å². The number of thiophene rings is 1. The first-order valence-electron chi connectivity index (χ1n) is 6.33. The summed E-state index contributed by atoms with van der Waals surface area (Å²) in [6, 6.07) is 7.58. The van der Waals surface area contributed by atoms with Crippen molar-refractivity contribution in [1.82, 2.24) is 0 Å². The van der Waals surface area contributed by atoms with Crippen LogP contribution in [0.4, 0.5) is 0 Å². The third-order valence-electron chi connectivity index (χ3n) is 3.15. The molecule has 102 valence electrons. The van der Waals surface area contributed by atoms with Crippen LogP contribution in [-0.4, -0.2) is 12.6 Å². The maximum atomic E-state index is 12.2. The van der Waals surface area contributed by atoms with E-state index in [4.69, 9.17) is 9.47 Å². The van der Waals surface area contributed by atoms with Crippen molar-refractivity contribution in [3.63, 3.8) is 0 Å². The van der Waals surface area contributed by atoms with Crippen LogP contribution >= 0.6 is 11.3 Å². The highest BCUT2D eigenvalue weighted by Gasteiger charge is 2.16. The van der Waals surface area contributed by atoms with Crippen LogP contribution in [0.3, 0.4) is 0 Å². The predicted molar refractivity (Wildman–Crippen MR) is 79.7 cm³/mol. The lowest BCUT2D eigenvalue weighted by molar-refractivity contribution is 0.104. The molecular formula is C16H14O3S. The molecular weight excluding hydrogens is 272 g/mol. The van der Waals surface area contributed by atoms with Gasteiger partial charge in [-0.05, 0) is 38.1 Å². The number of allylic oxidation sites excluding steroid dienone is 1. The summed E-state index contributed by atoms with van der Waals surface area (Å²) in [6.45, 7) is 4.21. The molecule has 0 fully saturated rings. The maximum absolute atomic E-state index is 12.2. The zero-order valence-corrected chi connectivity index (χ0v) is 12.1. The lowest BCUT2D eigenvalue weighted by Crippen LogP contribution is -1.94. The Bertz CT molecular complexity index is 698. The topological polar surface area (TPSA) is 35.5 Å². The Morgan fingerprint density at radius 1 is 1.30 bits per heavy atom. The number of carbonyl (C=O) groups excluding carboxylic acids is 1. The van der Waals surface area contributed by atoms with Crippen LogP contribution in [0.1, 0.15) is 25.7 Å². The number of ether oxygens (including phenoxy) is 2. The predicted octanol–water partition coefficient (Wildman–Crippen LogP) is 3.99. The summed E-state index contributed by atoms with van der Waals surface area (Å²) in [4.78, 5) is 14.4. The summed E-state index contributed by atoms with van der Waals surface area (Å²) in [7, 11) is 0. The van der Waals surface area contributed by atoms with E-state index in [1.807, 2.05) is 38.1 Å². The van der Waals surface area contributed by atoms with E-state index >= 15 is 0 Å². The molecule has 1 aliphatic heterocycles. The summed E-state index contributed by atoms with van der Waals surface area (Å²) in [5.41, 5.74) is 1.63. The first-order valence-corrected chi connectivity index (χ1v) is 7.15. The molecule has 2 heterocycles. The molecule has 2 aromatic rings. The SMILES string of the molecule is Cc1cc(C(=O)/C=C/c2cccc3c2OCO3)c(C)s1. The standard InChI is InChI=1S/C16H14O3S/c1-10-8-13(11(2)20-10)14(17)7-6-12-4-3-5-15-16(12)19-9-18-15/h3-8H,9H2,1-2H3/b7-6+. The van der Waals surface area contributed by atoms with E-state index in [9.17, 15) is 4.79 Å². The van der Waals surface area contributed by atoms with Crippen molar-refractivity contribution in [2.24, 2.45) is 0 Å². The van der Waals surface area contributed by atoms with Crippen molar-refractivity contribution >= 4 is 23.2 Å². The van der Waals surface area contributed by atoms with Gasteiger partial charge in [-0.15, -0.1) is 11.3 Å². The van der Waals surface area contributed by atoms with E-state index in [1.165, 1.54) is 0 Å². The molecule has 0 N–H and O–H groups in total. The van der Waals surface area contributed by atoms with Gasteiger partial charge in [-0.25, -0.2) is 0 Å². The third-order valence-corrected chi connectivity index (χ3v) is 4.11. The zero-order chi connectivity index (χ0) is 14.1. The monoisotopic (exact) mass is 286 g/mol. The number of benzene rings is 1. The quantitative estimate of drug-likeness (QED) is 0.632. The molecule has 0 radical (unpaired) electrons. The molecule has 0 atom stereocenters. The summed E-state index contributed by atoms with van der Waals surface area (Å²) < 4.78 is 10.7. The molecule has 0 aliphatic carbocycles. The van der Waals surface area contributed by atoms with Gasteiger partial charge >= 0.3 is 0 Å². The van der Waals surface area contributed by atoms with E-state index in [-0.39, 0.29) is 12.6 Å². The van der Waals surface area contributed by atoms with Crippen LogP contribution in [0.2, 0.25) is 0 Å². The average Bonchev–Trinajstić information content (AvgIpc) is 3.02. The number of ketones is 1. The van der Waals surface area contributed by atoms with Gasteiger partial charge in [-0.1, -0.05) is 12.1 Å². The highest BCUT2D eigenvalue weighted by atomic mass is 32.1. The number of hydrogen-bond acceptors (Lipinski definition) is 4. The van der Waals surface area contributed by atoms with Gasteiger partial charge in [0, 0.05) is 20.9 Å². The highest BCUT2D eigenvalue weighted by molar-refractivity contribution is 7.12. The lowest BCUT2D eigenvalue weighted by Gasteiger charge is -2.00. The van der Waals surface area contributed by atoms with Crippen molar-refractivity contribution in [2.45, 2.75) is 13.8 Å². The van der Waals surface area contributed by atoms with Crippen LogP contribution in [0, 0.1) is 13.8 Å². The number of fused-ring (bicyclic) bond motifs is 1. The van der Waals surface area contributed by atoms with Gasteiger partial charge in [0.15, 0.2) is 17.3 Å². The molecule has 3 nitrogen and oxygen atoms in total. The fourth-order valence-electron chi connectivity index (χ4n) is 2.21. The minimum absolute atomic E-state index is 0.0170. The molecule has 20 heavy (non-hydrogen) atoms. The normalized spacial score (nSPS) is 13.1. The Morgan fingerprint density at radius 3 is 2.90 bits per heavy atom. The molecule has 1 aromatic heterocycles. The molecule has 3 rings (SSSR count). The lowest BCUT2D eigenvalue weighted by atomic mass is 10.1. The fourth-order valence-corrected chi connectivity index (χ4v) is 3.14. The van der Waals surface area contributed by atoms with Crippen molar-refractivity contribution in [2.75, 3.05) is 6.79 Å². The molecule has 1 aliphatic rings. The molecule has 4 heteroatoms. The zero-order valence-electron chi connectivity index (χ0n) is 11.3. The highest BCUT2D eigenvalue weighted by Crippen LogP contribution is 2.36. The Hall–Kier alpha value is -2.07. The Balaban J connectivity index is 1.86. The van der Waals surface area contributed by atoms with Crippen LogP contribution in [0.15, 0.2) is 30.3 Å². The van der Waals surface area contributed by atoms with Gasteiger partial charge in [-0.2, -0.15) is 0 Å². The van der Waals surface area contributed by atoms with Gasteiger partial charge in [0.2, 0.25) is 6.79 Å². The fraction of sp³-hybridized carbons (Fsp3) is 0.188.